The molecule has 0 saturated heterocycles. The van der Waals surface area contributed by atoms with E-state index in [9.17, 15) is 12.8 Å². The molecule has 102 valence electrons. The van der Waals surface area contributed by atoms with Crippen molar-refractivity contribution in [2.75, 3.05) is 24.1 Å². The molecule has 0 aliphatic heterocycles. The fourth-order valence-electron chi connectivity index (χ4n) is 1.52. The number of hydrogen-bond acceptors (Lipinski definition) is 3. The molecule has 0 aromatic heterocycles. The van der Waals surface area contributed by atoms with Gasteiger partial charge in [0.2, 0.25) is 10.0 Å². The van der Waals surface area contributed by atoms with Gasteiger partial charge in [-0.1, -0.05) is 6.07 Å². The van der Waals surface area contributed by atoms with Crippen molar-refractivity contribution in [1.29, 1.82) is 0 Å². The molecule has 0 radical (unpaired) electrons. The minimum Gasteiger partial charge on any atom is -0.320 e. The minimum atomic E-state index is -3.40. The van der Waals surface area contributed by atoms with Crippen molar-refractivity contribution in [3.05, 3.63) is 29.6 Å². The second-order valence-electron chi connectivity index (χ2n) is 4.19. The van der Waals surface area contributed by atoms with Crippen LogP contribution in [0.2, 0.25) is 0 Å². The van der Waals surface area contributed by atoms with E-state index < -0.39 is 15.8 Å². The van der Waals surface area contributed by atoms with E-state index in [0.717, 1.165) is 13.0 Å². The Bertz CT molecular complexity index is 489. The molecule has 0 amide bonds. The Balaban J connectivity index is 2.62. The van der Waals surface area contributed by atoms with Gasteiger partial charge in [-0.2, -0.15) is 0 Å². The molecule has 4 nitrogen and oxygen atoms in total. The normalized spacial score (nSPS) is 11.5. The van der Waals surface area contributed by atoms with Crippen LogP contribution in [0.1, 0.15) is 18.4 Å². The lowest BCUT2D eigenvalue weighted by molar-refractivity contribution is 0.595. The number of nitrogens with one attached hydrogen (secondary N) is 2. The van der Waals surface area contributed by atoms with Gasteiger partial charge in [-0.3, -0.25) is 4.72 Å². The fourth-order valence-corrected chi connectivity index (χ4v) is 2.76. The minimum absolute atomic E-state index is 0.0463. The highest BCUT2D eigenvalue weighted by Gasteiger charge is 2.11. The van der Waals surface area contributed by atoms with Crippen molar-refractivity contribution in [3.8, 4) is 0 Å². The Labute approximate surface area is 108 Å². The smallest absolute Gasteiger partial charge is 0.232 e. The standard InChI is InChI=1S/C12H19FN2O2S/c1-10-5-6-11(13)9-12(10)15-18(16,17)8-4-3-7-14-2/h5-6,9,14-15H,3-4,7-8H2,1-2H3. The van der Waals surface area contributed by atoms with Crippen LogP contribution >= 0.6 is 0 Å². The average Bonchev–Trinajstić information content (AvgIpc) is 2.29. The molecule has 1 aromatic rings. The summed E-state index contributed by atoms with van der Waals surface area (Å²) in [5.41, 5.74) is 1.01. The van der Waals surface area contributed by atoms with Crippen LogP contribution in [0.25, 0.3) is 0 Å². The Kier molecular flexibility index (Phi) is 5.55. The molecule has 0 aliphatic rings. The first-order valence-electron chi connectivity index (χ1n) is 5.86. The summed E-state index contributed by atoms with van der Waals surface area (Å²) < 4.78 is 39.0. The number of aryl methyl sites for hydroxylation is 1. The van der Waals surface area contributed by atoms with Gasteiger partial charge in [0.25, 0.3) is 0 Å². The van der Waals surface area contributed by atoms with Crippen molar-refractivity contribution in [1.82, 2.24) is 5.32 Å². The topological polar surface area (TPSA) is 58.2 Å². The van der Waals surface area contributed by atoms with Gasteiger partial charge in [-0.25, -0.2) is 12.8 Å². The summed E-state index contributed by atoms with van der Waals surface area (Å²) in [7, 11) is -1.58. The summed E-state index contributed by atoms with van der Waals surface area (Å²) in [5, 5.41) is 2.96. The Hall–Kier alpha value is -1.14. The highest BCUT2D eigenvalue weighted by Crippen LogP contribution is 2.17. The third kappa shape index (κ3) is 5.01. The van der Waals surface area contributed by atoms with E-state index in [1.807, 2.05) is 7.05 Å². The monoisotopic (exact) mass is 274 g/mol. The summed E-state index contributed by atoms with van der Waals surface area (Å²) in [4.78, 5) is 0. The van der Waals surface area contributed by atoms with Crippen molar-refractivity contribution in [2.45, 2.75) is 19.8 Å². The maximum atomic E-state index is 13.0. The molecule has 1 rings (SSSR count). The van der Waals surface area contributed by atoms with Gasteiger partial charge in [0, 0.05) is 0 Å². The van der Waals surface area contributed by atoms with Gasteiger partial charge in [-0.15, -0.1) is 0 Å². The van der Waals surface area contributed by atoms with Gasteiger partial charge in [0.1, 0.15) is 5.82 Å². The van der Waals surface area contributed by atoms with Crippen LogP contribution in [0.5, 0.6) is 0 Å². The van der Waals surface area contributed by atoms with Crippen LogP contribution in [-0.4, -0.2) is 27.8 Å². The Morgan fingerprint density at radius 3 is 2.67 bits per heavy atom. The molecule has 0 unspecified atom stereocenters. The van der Waals surface area contributed by atoms with E-state index in [4.69, 9.17) is 0 Å². The number of unbranched alkanes of at least 4 members (excludes halogenated alkanes) is 1. The van der Waals surface area contributed by atoms with Gasteiger partial charge >= 0.3 is 0 Å². The maximum absolute atomic E-state index is 13.0. The maximum Gasteiger partial charge on any atom is 0.232 e. The van der Waals surface area contributed by atoms with Gasteiger partial charge < -0.3 is 5.32 Å². The third-order valence-electron chi connectivity index (χ3n) is 2.55. The summed E-state index contributed by atoms with van der Waals surface area (Å²) in [6.45, 7) is 2.52. The summed E-state index contributed by atoms with van der Waals surface area (Å²) in [6, 6.07) is 4.05. The summed E-state index contributed by atoms with van der Waals surface area (Å²) in [6.07, 6.45) is 1.37. The molecule has 0 saturated carbocycles. The van der Waals surface area contributed by atoms with Crippen molar-refractivity contribution in [3.63, 3.8) is 0 Å². The molecule has 0 heterocycles. The molecule has 0 aliphatic carbocycles. The fraction of sp³-hybridized carbons (Fsp3) is 0.500. The van der Waals surface area contributed by atoms with Gasteiger partial charge in [-0.05, 0) is 51.1 Å². The van der Waals surface area contributed by atoms with Crippen LogP contribution < -0.4 is 10.0 Å². The van der Waals surface area contributed by atoms with E-state index in [2.05, 4.69) is 10.0 Å². The molecular formula is C12H19FN2O2S. The highest BCUT2D eigenvalue weighted by atomic mass is 32.2. The number of hydrogen-bond donors (Lipinski definition) is 2. The highest BCUT2D eigenvalue weighted by molar-refractivity contribution is 7.92. The van der Waals surface area contributed by atoms with Crippen molar-refractivity contribution in [2.24, 2.45) is 0 Å². The second kappa shape index (κ2) is 6.70. The third-order valence-corrected chi connectivity index (χ3v) is 3.91. The SMILES string of the molecule is CNCCCCS(=O)(=O)Nc1cc(F)ccc1C. The zero-order chi connectivity index (χ0) is 13.6. The number of rotatable bonds is 7. The summed E-state index contributed by atoms with van der Waals surface area (Å²) >= 11 is 0. The predicted molar refractivity (Wildman–Crippen MR) is 71.7 cm³/mol. The van der Waals surface area contributed by atoms with Crippen molar-refractivity contribution < 1.29 is 12.8 Å². The van der Waals surface area contributed by atoms with Crippen LogP contribution in [-0.2, 0) is 10.0 Å². The van der Waals surface area contributed by atoms with Gasteiger partial charge in [0.05, 0.1) is 11.4 Å². The summed E-state index contributed by atoms with van der Waals surface area (Å²) in [5.74, 6) is -0.404. The number of anilines is 1. The molecular weight excluding hydrogens is 255 g/mol. The molecule has 1 aromatic carbocycles. The molecule has 6 heteroatoms. The largest absolute Gasteiger partial charge is 0.320 e. The lowest BCUT2D eigenvalue weighted by Crippen LogP contribution is -2.18. The lowest BCUT2D eigenvalue weighted by Gasteiger charge is -2.10. The molecule has 2 N–H and O–H groups in total. The predicted octanol–water partition coefficient (Wildman–Crippen LogP) is 1.88. The van der Waals surface area contributed by atoms with Crippen molar-refractivity contribution >= 4 is 15.7 Å². The average molecular weight is 274 g/mol. The Morgan fingerprint density at radius 2 is 2.00 bits per heavy atom. The molecule has 18 heavy (non-hydrogen) atoms. The lowest BCUT2D eigenvalue weighted by atomic mass is 10.2. The van der Waals surface area contributed by atoms with Gasteiger partial charge in [0.15, 0.2) is 0 Å². The zero-order valence-electron chi connectivity index (χ0n) is 10.7. The second-order valence-corrected chi connectivity index (χ2v) is 6.03. The van der Waals surface area contributed by atoms with Crippen LogP contribution in [0.15, 0.2) is 18.2 Å². The molecule has 0 bridgehead atoms. The first-order chi connectivity index (χ1) is 8.44. The first kappa shape index (κ1) is 14.9. The van der Waals surface area contributed by atoms with E-state index in [0.29, 0.717) is 17.7 Å². The number of sulfonamides is 1. The molecule has 0 spiro atoms. The zero-order valence-corrected chi connectivity index (χ0v) is 11.5. The quantitative estimate of drug-likeness (QED) is 0.746. The van der Waals surface area contributed by atoms with Crippen LogP contribution in [0.3, 0.4) is 0 Å². The number of halogens is 1. The molecule has 0 fully saturated rings. The Morgan fingerprint density at radius 1 is 1.28 bits per heavy atom. The van der Waals surface area contributed by atoms with Crippen LogP contribution in [0.4, 0.5) is 10.1 Å². The van der Waals surface area contributed by atoms with Crippen LogP contribution in [0, 0.1) is 12.7 Å². The van der Waals surface area contributed by atoms with E-state index in [-0.39, 0.29) is 5.75 Å². The van der Waals surface area contributed by atoms with E-state index >= 15 is 0 Å². The van der Waals surface area contributed by atoms with E-state index in [1.54, 1.807) is 13.0 Å². The van der Waals surface area contributed by atoms with E-state index in [1.165, 1.54) is 12.1 Å². The molecule has 0 atom stereocenters. The first-order valence-corrected chi connectivity index (χ1v) is 7.51. The number of benzene rings is 1.